The molecule has 0 unspecified atom stereocenters. The van der Waals surface area contributed by atoms with E-state index in [1.54, 1.807) is 13.0 Å². The maximum absolute atomic E-state index is 6.01. The zero-order valence-electron chi connectivity index (χ0n) is 8.77. The average Bonchev–Trinajstić information content (AvgIpc) is 2.59. The minimum atomic E-state index is 0.559. The smallest absolute Gasteiger partial charge is 0.157 e. The Hall–Kier alpha value is -1.74. The number of benzene rings is 1. The van der Waals surface area contributed by atoms with Gasteiger partial charge in [-0.3, -0.25) is 0 Å². The van der Waals surface area contributed by atoms with Gasteiger partial charge in [0.05, 0.1) is 0 Å². The first-order chi connectivity index (χ1) is 7.68. The van der Waals surface area contributed by atoms with Crippen molar-refractivity contribution in [2.24, 2.45) is 0 Å². The highest BCUT2D eigenvalue weighted by atomic mass is 35.5. The van der Waals surface area contributed by atoms with Crippen LogP contribution in [-0.2, 0) is 0 Å². The second kappa shape index (κ2) is 4.41. The largest absolute Gasteiger partial charge is 0.394 e. The highest BCUT2D eigenvalue weighted by Gasteiger charge is 2.05. The Morgan fingerprint density at radius 3 is 2.69 bits per heavy atom. The zero-order chi connectivity index (χ0) is 11.5. The van der Waals surface area contributed by atoms with Crippen molar-refractivity contribution in [3.8, 4) is 0 Å². The van der Waals surface area contributed by atoms with Gasteiger partial charge in [0.15, 0.2) is 5.76 Å². The maximum Gasteiger partial charge on any atom is 0.157 e. The van der Waals surface area contributed by atoms with E-state index in [4.69, 9.17) is 21.9 Å². The fourth-order valence-electron chi connectivity index (χ4n) is 1.30. The molecule has 82 valence electrons. The van der Waals surface area contributed by atoms with Crippen LogP contribution in [0.1, 0.15) is 17.0 Å². The summed E-state index contributed by atoms with van der Waals surface area (Å²) < 4.78 is 4.95. The molecule has 0 atom stereocenters. The number of nitrogens with zero attached hydrogens (tertiary/aromatic N) is 1. The van der Waals surface area contributed by atoms with E-state index in [1.165, 1.54) is 0 Å². The number of hydrogen-bond acceptors (Lipinski definition) is 3. The molecule has 0 spiro atoms. The Kier molecular flexibility index (Phi) is 2.97. The van der Waals surface area contributed by atoms with E-state index in [2.05, 4.69) is 5.16 Å². The third kappa shape index (κ3) is 2.09. The highest BCUT2D eigenvalue weighted by Crippen LogP contribution is 2.21. The average molecular weight is 235 g/mol. The van der Waals surface area contributed by atoms with Gasteiger partial charge in [0.2, 0.25) is 0 Å². The van der Waals surface area contributed by atoms with E-state index in [0.717, 1.165) is 5.56 Å². The van der Waals surface area contributed by atoms with Gasteiger partial charge in [0.25, 0.3) is 0 Å². The first-order valence-electron chi connectivity index (χ1n) is 4.83. The molecule has 4 heteroatoms. The molecular formula is C12H11ClN2O. The van der Waals surface area contributed by atoms with Gasteiger partial charge in [-0.15, -0.1) is 0 Å². The Labute approximate surface area is 98.5 Å². The van der Waals surface area contributed by atoms with Gasteiger partial charge in [-0.2, -0.15) is 0 Å². The number of nitrogens with two attached hydrogens (primary N) is 1. The van der Waals surface area contributed by atoms with Crippen LogP contribution >= 0.6 is 11.6 Å². The van der Waals surface area contributed by atoms with Crippen LogP contribution in [0.4, 0.5) is 5.69 Å². The molecule has 0 amide bonds. The summed E-state index contributed by atoms with van der Waals surface area (Å²) in [6, 6.07) is 7.55. The minimum absolute atomic E-state index is 0.559. The van der Waals surface area contributed by atoms with Gasteiger partial charge in [-0.1, -0.05) is 41.0 Å². The Balaban J connectivity index is 2.28. The van der Waals surface area contributed by atoms with Crippen molar-refractivity contribution in [3.63, 3.8) is 0 Å². The third-order valence-corrected chi connectivity index (χ3v) is 2.61. The lowest BCUT2D eigenvalue weighted by Crippen LogP contribution is -1.86. The molecule has 0 saturated carbocycles. The summed E-state index contributed by atoms with van der Waals surface area (Å²) >= 11 is 6.01. The molecule has 0 fully saturated rings. The summed E-state index contributed by atoms with van der Waals surface area (Å²) in [7, 11) is 0. The highest BCUT2D eigenvalue weighted by molar-refractivity contribution is 6.32. The molecule has 16 heavy (non-hydrogen) atoms. The molecule has 2 N–H and O–H groups in total. The van der Waals surface area contributed by atoms with Gasteiger partial charge < -0.3 is 10.3 Å². The summed E-state index contributed by atoms with van der Waals surface area (Å²) in [4.78, 5) is 0. The van der Waals surface area contributed by atoms with Gasteiger partial charge >= 0.3 is 0 Å². The molecule has 0 aliphatic rings. The van der Waals surface area contributed by atoms with Gasteiger partial charge in [0, 0.05) is 5.02 Å². The van der Waals surface area contributed by atoms with Crippen LogP contribution in [0.2, 0.25) is 5.02 Å². The van der Waals surface area contributed by atoms with E-state index in [1.807, 2.05) is 30.3 Å². The maximum atomic E-state index is 6.01. The predicted molar refractivity (Wildman–Crippen MR) is 66.0 cm³/mol. The molecule has 3 nitrogen and oxygen atoms in total. The quantitative estimate of drug-likeness (QED) is 0.867. The van der Waals surface area contributed by atoms with E-state index in [0.29, 0.717) is 22.2 Å². The van der Waals surface area contributed by atoms with Crippen LogP contribution in [0.15, 0.2) is 28.8 Å². The lowest BCUT2D eigenvalue weighted by molar-refractivity contribution is 0.397. The minimum Gasteiger partial charge on any atom is -0.394 e. The van der Waals surface area contributed by atoms with Crippen LogP contribution in [0.3, 0.4) is 0 Å². The molecule has 2 rings (SSSR count). The zero-order valence-corrected chi connectivity index (χ0v) is 9.53. The van der Waals surface area contributed by atoms with Crippen molar-refractivity contribution in [1.82, 2.24) is 5.16 Å². The molecule has 0 saturated heterocycles. The number of rotatable bonds is 2. The first-order valence-corrected chi connectivity index (χ1v) is 5.20. The van der Waals surface area contributed by atoms with Crippen LogP contribution in [0.25, 0.3) is 12.2 Å². The van der Waals surface area contributed by atoms with E-state index in [-0.39, 0.29) is 0 Å². The van der Waals surface area contributed by atoms with Crippen LogP contribution < -0.4 is 5.73 Å². The van der Waals surface area contributed by atoms with Crippen LogP contribution in [0, 0.1) is 6.92 Å². The van der Waals surface area contributed by atoms with E-state index in [9.17, 15) is 0 Å². The van der Waals surface area contributed by atoms with Crippen molar-refractivity contribution in [2.45, 2.75) is 6.92 Å². The van der Waals surface area contributed by atoms with Crippen molar-refractivity contribution < 1.29 is 4.52 Å². The third-order valence-electron chi connectivity index (χ3n) is 2.26. The Morgan fingerprint density at radius 2 is 2.06 bits per heavy atom. The fraction of sp³-hybridized carbons (Fsp3) is 0.0833. The number of halogens is 1. The second-order valence-corrected chi connectivity index (χ2v) is 3.80. The normalized spacial score (nSPS) is 11.1. The van der Waals surface area contributed by atoms with Crippen LogP contribution in [-0.4, -0.2) is 5.16 Å². The number of aromatic nitrogens is 1. The summed E-state index contributed by atoms with van der Waals surface area (Å²) in [5.41, 5.74) is 7.87. The molecular weight excluding hydrogens is 224 g/mol. The Bertz CT molecular complexity index is 532. The van der Waals surface area contributed by atoms with Gasteiger partial charge in [0.1, 0.15) is 11.4 Å². The molecule has 0 radical (unpaired) electrons. The summed E-state index contributed by atoms with van der Waals surface area (Å²) in [6.07, 6.45) is 3.64. The number of hydrogen-bond donors (Lipinski definition) is 1. The van der Waals surface area contributed by atoms with Crippen molar-refractivity contribution >= 4 is 29.4 Å². The summed E-state index contributed by atoms with van der Waals surface area (Å²) in [5.74, 6) is 0.624. The van der Waals surface area contributed by atoms with Crippen molar-refractivity contribution in [3.05, 3.63) is 46.3 Å². The molecule has 2 aromatic rings. The monoisotopic (exact) mass is 234 g/mol. The number of anilines is 1. The summed E-state index contributed by atoms with van der Waals surface area (Å²) in [5, 5.41) is 4.52. The van der Waals surface area contributed by atoms with Crippen LogP contribution in [0.5, 0.6) is 0 Å². The van der Waals surface area contributed by atoms with E-state index >= 15 is 0 Å². The lowest BCUT2D eigenvalue weighted by atomic mass is 10.2. The molecule has 0 aliphatic carbocycles. The topological polar surface area (TPSA) is 52.0 Å². The summed E-state index contributed by atoms with van der Waals surface area (Å²) in [6.45, 7) is 1.77. The van der Waals surface area contributed by atoms with Crippen molar-refractivity contribution in [2.75, 3.05) is 5.73 Å². The molecule has 1 aromatic heterocycles. The fourth-order valence-corrected chi connectivity index (χ4v) is 1.49. The molecule has 1 aromatic carbocycles. The first kappa shape index (κ1) is 10.8. The number of aryl methyl sites for hydroxylation is 1. The van der Waals surface area contributed by atoms with E-state index < -0.39 is 0 Å². The second-order valence-electron chi connectivity index (χ2n) is 3.39. The molecule has 1 heterocycles. The SMILES string of the molecule is Cc1onc(C=Cc2ccccc2Cl)c1N. The Morgan fingerprint density at radius 1 is 1.31 bits per heavy atom. The lowest BCUT2D eigenvalue weighted by Gasteiger charge is -1.95. The standard InChI is InChI=1S/C12H11ClN2O/c1-8-12(14)11(15-16-8)7-6-9-4-2-3-5-10(9)13/h2-7H,14H2,1H3. The van der Waals surface area contributed by atoms with Gasteiger partial charge in [-0.25, -0.2) is 0 Å². The van der Waals surface area contributed by atoms with Gasteiger partial charge in [-0.05, 0) is 24.6 Å². The van der Waals surface area contributed by atoms with Crippen molar-refractivity contribution in [1.29, 1.82) is 0 Å². The predicted octanol–water partition coefficient (Wildman–Crippen LogP) is 3.39. The molecule has 0 aliphatic heterocycles. The number of nitrogen functional groups attached to an aromatic ring is 1. The molecule has 0 bridgehead atoms.